The second kappa shape index (κ2) is 5.72. The zero-order valence-corrected chi connectivity index (χ0v) is 10.00. The van der Waals surface area contributed by atoms with Gasteiger partial charge in [-0.2, -0.15) is 5.10 Å². The number of amides is 1. The van der Waals surface area contributed by atoms with Crippen molar-refractivity contribution in [3.63, 3.8) is 0 Å². The fourth-order valence-corrected chi connectivity index (χ4v) is 1.47. The fraction of sp³-hybridized carbons (Fsp3) is 0.0714. The molecule has 0 saturated carbocycles. The molecule has 1 amide bonds. The third kappa shape index (κ3) is 3.25. The summed E-state index contributed by atoms with van der Waals surface area (Å²) in [7, 11) is 0. The number of benzene rings is 1. The van der Waals surface area contributed by atoms with Crippen LogP contribution in [0.15, 0.2) is 53.8 Å². The lowest BCUT2D eigenvalue weighted by atomic mass is 10.1. The van der Waals surface area contributed by atoms with E-state index in [4.69, 9.17) is 0 Å². The third-order valence-electron chi connectivity index (χ3n) is 2.31. The molecule has 0 aliphatic rings. The first kappa shape index (κ1) is 12.0. The topological polar surface area (TPSA) is 54.4 Å². The van der Waals surface area contributed by atoms with Crippen LogP contribution in [0.1, 0.15) is 12.5 Å². The molecule has 0 aliphatic carbocycles. The van der Waals surface area contributed by atoms with E-state index in [1.807, 2.05) is 42.5 Å². The summed E-state index contributed by atoms with van der Waals surface area (Å²) in [4.78, 5) is 14.9. The van der Waals surface area contributed by atoms with Crippen LogP contribution in [-0.4, -0.2) is 17.1 Å². The van der Waals surface area contributed by atoms with Crippen molar-refractivity contribution in [2.24, 2.45) is 5.10 Å². The Hall–Kier alpha value is -2.49. The maximum atomic E-state index is 10.6. The van der Waals surface area contributed by atoms with Crippen LogP contribution in [0.2, 0.25) is 0 Å². The van der Waals surface area contributed by atoms with Crippen LogP contribution >= 0.6 is 0 Å². The Balaban J connectivity index is 2.11. The van der Waals surface area contributed by atoms with Gasteiger partial charge in [0, 0.05) is 18.7 Å². The van der Waals surface area contributed by atoms with Crippen LogP contribution in [0.25, 0.3) is 11.3 Å². The molecule has 1 aromatic heterocycles. The summed E-state index contributed by atoms with van der Waals surface area (Å²) in [6.45, 7) is 1.42. The highest BCUT2D eigenvalue weighted by Gasteiger charge is 1.97. The first-order chi connectivity index (χ1) is 8.75. The van der Waals surface area contributed by atoms with Gasteiger partial charge in [0.2, 0.25) is 5.91 Å². The molecule has 4 nitrogen and oxygen atoms in total. The number of hydrogen-bond donors (Lipinski definition) is 1. The van der Waals surface area contributed by atoms with Gasteiger partial charge in [-0.05, 0) is 17.7 Å². The Morgan fingerprint density at radius 2 is 2.00 bits per heavy atom. The van der Waals surface area contributed by atoms with Crippen molar-refractivity contribution in [3.8, 4) is 11.3 Å². The van der Waals surface area contributed by atoms with Crippen LogP contribution < -0.4 is 5.43 Å². The van der Waals surface area contributed by atoms with Gasteiger partial charge in [0.15, 0.2) is 0 Å². The molecule has 1 aromatic carbocycles. The molecule has 1 heterocycles. The quantitative estimate of drug-likeness (QED) is 0.659. The minimum Gasteiger partial charge on any atom is -0.274 e. The average Bonchev–Trinajstić information content (AvgIpc) is 2.40. The van der Waals surface area contributed by atoms with Gasteiger partial charge >= 0.3 is 0 Å². The van der Waals surface area contributed by atoms with Gasteiger partial charge < -0.3 is 0 Å². The number of nitrogens with zero attached hydrogens (tertiary/aromatic N) is 2. The number of aromatic nitrogens is 1. The Labute approximate surface area is 105 Å². The Kier molecular flexibility index (Phi) is 3.81. The summed E-state index contributed by atoms with van der Waals surface area (Å²) >= 11 is 0. The minimum atomic E-state index is -0.184. The summed E-state index contributed by atoms with van der Waals surface area (Å²) in [6.07, 6.45) is 3.37. The smallest absolute Gasteiger partial charge is 0.236 e. The number of hydrogen-bond acceptors (Lipinski definition) is 3. The highest BCUT2D eigenvalue weighted by molar-refractivity contribution is 5.82. The first-order valence-electron chi connectivity index (χ1n) is 5.57. The van der Waals surface area contributed by atoms with Crippen molar-refractivity contribution in [1.29, 1.82) is 0 Å². The molecule has 2 aromatic rings. The largest absolute Gasteiger partial charge is 0.274 e. The summed E-state index contributed by atoms with van der Waals surface area (Å²) in [5, 5.41) is 3.80. The second-order valence-electron chi connectivity index (χ2n) is 3.76. The summed E-state index contributed by atoms with van der Waals surface area (Å²) in [5.41, 5.74) is 5.26. The summed E-state index contributed by atoms with van der Waals surface area (Å²) < 4.78 is 0. The molecule has 4 heteroatoms. The van der Waals surface area contributed by atoms with Gasteiger partial charge in [0.05, 0.1) is 11.9 Å². The van der Waals surface area contributed by atoms with Gasteiger partial charge in [0.1, 0.15) is 0 Å². The zero-order chi connectivity index (χ0) is 12.8. The van der Waals surface area contributed by atoms with E-state index in [1.165, 1.54) is 6.92 Å². The third-order valence-corrected chi connectivity index (χ3v) is 2.31. The van der Waals surface area contributed by atoms with E-state index in [1.54, 1.807) is 12.4 Å². The van der Waals surface area contributed by atoms with E-state index in [-0.39, 0.29) is 5.91 Å². The average molecular weight is 239 g/mol. The van der Waals surface area contributed by atoms with Crippen molar-refractivity contribution in [3.05, 3.63) is 54.2 Å². The highest BCUT2D eigenvalue weighted by Crippen LogP contribution is 2.15. The zero-order valence-electron chi connectivity index (χ0n) is 10.00. The monoisotopic (exact) mass is 239 g/mol. The molecule has 0 fully saturated rings. The molecule has 90 valence electrons. The molecule has 0 atom stereocenters. The van der Waals surface area contributed by atoms with E-state index in [2.05, 4.69) is 15.5 Å². The van der Waals surface area contributed by atoms with Crippen molar-refractivity contribution >= 4 is 12.1 Å². The molecule has 0 aliphatic heterocycles. The van der Waals surface area contributed by atoms with E-state index < -0.39 is 0 Å². The van der Waals surface area contributed by atoms with Gasteiger partial charge in [-0.25, -0.2) is 5.43 Å². The molecule has 0 bridgehead atoms. The summed E-state index contributed by atoms with van der Waals surface area (Å²) in [5.74, 6) is -0.184. The molecule has 0 saturated heterocycles. The Bertz CT molecular complexity index is 547. The van der Waals surface area contributed by atoms with E-state index >= 15 is 0 Å². The van der Waals surface area contributed by atoms with Crippen molar-refractivity contribution in [2.45, 2.75) is 6.92 Å². The first-order valence-corrected chi connectivity index (χ1v) is 5.57. The van der Waals surface area contributed by atoms with E-state index in [0.29, 0.717) is 0 Å². The second-order valence-corrected chi connectivity index (χ2v) is 3.76. The van der Waals surface area contributed by atoms with Gasteiger partial charge in [-0.1, -0.05) is 30.3 Å². The molecule has 0 radical (unpaired) electrons. The molecule has 18 heavy (non-hydrogen) atoms. The molecule has 0 unspecified atom stereocenters. The van der Waals surface area contributed by atoms with Crippen molar-refractivity contribution in [1.82, 2.24) is 10.4 Å². The number of pyridine rings is 1. The predicted molar refractivity (Wildman–Crippen MR) is 71.1 cm³/mol. The van der Waals surface area contributed by atoms with Crippen LogP contribution in [0.3, 0.4) is 0 Å². The number of hydrazone groups is 1. The molecular formula is C14H13N3O. The lowest BCUT2D eigenvalue weighted by molar-refractivity contribution is -0.118. The highest BCUT2D eigenvalue weighted by atomic mass is 16.2. The SMILES string of the molecule is CC(=O)NN=Cc1ccc(-c2ccccn2)cc1. The van der Waals surface area contributed by atoms with Crippen molar-refractivity contribution < 1.29 is 4.79 Å². The Morgan fingerprint density at radius 3 is 2.61 bits per heavy atom. The van der Waals surface area contributed by atoms with Crippen LogP contribution in [0.4, 0.5) is 0 Å². The normalized spacial score (nSPS) is 10.5. The lowest BCUT2D eigenvalue weighted by Gasteiger charge is -2.00. The van der Waals surface area contributed by atoms with Crippen LogP contribution in [0, 0.1) is 0 Å². The van der Waals surface area contributed by atoms with Gasteiger partial charge in [-0.15, -0.1) is 0 Å². The van der Waals surface area contributed by atoms with Crippen LogP contribution in [0.5, 0.6) is 0 Å². The summed E-state index contributed by atoms with van der Waals surface area (Å²) in [6, 6.07) is 13.6. The van der Waals surface area contributed by atoms with Gasteiger partial charge in [0.25, 0.3) is 0 Å². The number of carbonyl (C=O) groups is 1. The standard InChI is InChI=1S/C14H13N3O/c1-11(18)17-16-10-12-5-7-13(8-6-12)14-4-2-3-9-15-14/h2-10H,1H3,(H,17,18). The van der Waals surface area contributed by atoms with Crippen molar-refractivity contribution in [2.75, 3.05) is 0 Å². The van der Waals surface area contributed by atoms with E-state index in [9.17, 15) is 4.79 Å². The molecular weight excluding hydrogens is 226 g/mol. The fourth-order valence-electron chi connectivity index (χ4n) is 1.47. The predicted octanol–water partition coefficient (Wildman–Crippen LogP) is 2.22. The number of carbonyl (C=O) groups excluding carboxylic acids is 1. The number of rotatable bonds is 3. The number of nitrogens with one attached hydrogen (secondary N) is 1. The Morgan fingerprint density at radius 1 is 1.22 bits per heavy atom. The van der Waals surface area contributed by atoms with E-state index in [0.717, 1.165) is 16.8 Å². The maximum absolute atomic E-state index is 10.6. The molecule has 2 rings (SSSR count). The molecule has 1 N–H and O–H groups in total. The van der Waals surface area contributed by atoms with Crippen LogP contribution in [-0.2, 0) is 4.79 Å². The maximum Gasteiger partial charge on any atom is 0.236 e. The van der Waals surface area contributed by atoms with Gasteiger partial charge in [-0.3, -0.25) is 9.78 Å². The molecule has 0 spiro atoms. The minimum absolute atomic E-state index is 0.184. The lowest BCUT2D eigenvalue weighted by Crippen LogP contribution is -2.12.